The van der Waals surface area contributed by atoms with Gasteiger partial charge in [0.2, 0.25) is 15.9 Å². The van der Waals surface area contributed by atoms with Crippen molar-refractivity contribution >= 4 is 33.6 Å². The Hall–Kier alpha value is -4.06. The lowest BCUT2D eigenvalue weighted by Crippen LogP contribution is -2.53. The first-order chi connectivity index (χ1) is 24.5. The fourth-order valence-corrected chi connectivity index (χ4v) is 10.6. The summed E-state index contributed by atoms with van der Waals surface area (Å²) >= 11 is 0. The standard InChI is InChI=1S/C39H48N4O7S/c1-24(2)50-38(46)42-22-28-20-29(42)21-41(28)37(45)39(17-18-39)23-43-33-19-27(36(44)40-51(47,48)31-14-15-31)11-16-32(33)34(25-7-5-4-6-8-25)35(43)26-9-12-30(49-3)13-10-26/h9-13,16,19,25,28-29,31,34-35H,1,4-8,14-15,17-18,20-23H2,2-3H3,(H,40,44)/t28-,29-,34?,35?/m0/s1. The van der Waals surface area contributed by atoms with E-state index in [1.165, 1.54) is 19.3 Å². The van der Waals surface area contributed by atoms with Gasteiger partial charge in [-0.2, -0.15) is 0 Å². The van der Waals surface area contributed by atoms with Gasteiger partial charge in [0, 0.05) is 36.8 Å². The number of methoxy groups -OCH3 is 1. The number of benzene rings is 2. The Kier molecular flexibility index (Phi) is 8.59. The number of anilines is 1. The molecular formula is C39H48N4O7S. The number of likely N-dealkylation sites (tertiary alicyclic amines) is 2. The molecule has 51 heavy (non-hydrogen) atoms. The summed E-state index contributed by atoms with van der Waals surface area (Å²) in [7, 11) is -2.07. The number of amides is 3. The van der Waals surface area contributed by atoms with Gasteiger partial charge in [-0.3, -0.25) is 9.59 Å². The molecule has 4 atom stereocenters. The van der Waals surface area contributed by atoms with E-state index in [1.54, 1.807) is 25.0 Å². The van der Waals surface area contributed by atoms with Crippen molar-refractivity contribution < 1.29 is 32.3 Å². The molecule has 1 N–H and O–H groups in total. The van der Waals surface area contributed by atoms with E-state index in [0.717, 1.165) is 54.7 Å². The van der Waals surface area contributed by atoms with Crippen LogP contribution in [0.4, 0.5) is 10.5 Å². The molecule has 3 amide bonds. The molecule has 2 unspecified atom stereocenters. The molecule has 6 aliphatic rings. The van der Waals surface area contributed by atoms with Gasteiger partial charge in [-0.15, -0.1) is 0 Å². The second kappa shape index (κ2) is 12.9. The van der Waals surface area contributed by atoms with Crippen molar-refractivity contribution in [3.63, 3.8) is 0 Å². The van der Waals surface area contributed by atoms with Crippen LogP contribution in [0.5, 0.6) is 5.75 Å². The van der Waals surface area contributed by atoms with Crippen molar-refractivity contribution in [2.45, 2.75) is 100 Å². The number of hydrogen-bond acceptors (Lipinski definition) is 8. The van der Waals surface area contributed by atoms with E-state index in [-0.39, 0.29) is 30.0 Å². The molecule has 3 heterocycles. The lowest BCUT2D eigenvalue weighted by atomic mass is 9.73. The van der Waals surface area contributed by atoms with E-state index in [0.29, 0.717) is 49.7 Å². The second-order valence-electron chi connectivity index (χ2n) is 15.7. The minimum absolute atomic E-state index is 0.0559. The fourth-order valence-electron chi connectivity index (χ4n) is 9.32. The van der Waals surface area contributed by atoms with Crippen LogP contribution in [0.3, 0.4) is 0 Å². The lowest BCUT2D eigenvalue weighted by molar-refractivity contribution is -0.139. The molecule has 0 radical (unpaired) electrons. The van der Waals surface area contributed by atoms with E-state index < -0.39 is 32.7 Å². The quantitative estimate of drug-likeness (QED) is 0.303. The highest BCUT2D eigenvalue weighted by Crippen LogP contribution is 2.59. The number of fused-ring (bicyclic) bond motifs is 3. The molecule has 0 spiro atoms. The summed E-state index contributed by atoms with van der Waals surface area (Å²) in [5.74, 6) is 1.19. The van der Waals surface area contributed by atoms with Crippen LogP contribution in [-0.2, 0) is 19.6 Å². The highest BCUT2D eigenvalue weighted by atomic mass is 32.2. The SMILES string of the molecule is C=C(C)OC(=O)N1C[C@@H]2C[C@H]1CN2C(=O)C1(CN2c3cc(C(=O)NS(=O)(=O)C4CC4)ccc3C(C3CCCCC3)C2c2ccc(OC)cc2)CC1. The van der Waals surface area contributed by atoms with Gasteiger partial charge in [-0.05, 0) is 93.2 Å². The Morgan fingerprint density at radius 3 is 2.24 bits per heavy atom. The Morgan fingerprint density at radius 2 is 1.63 bits per heavy atom. The topological polar surface area (TPSA) is 126 Å². The zero-order valence-electron chi connectivity index (χ0n) is 29.5. The minimum Gasteiger partial charge on any atom is -0.497 e. The van der Waals surface area contributed by atoms with Crippen molar-refractivity contribution in [1.29, 1.82) is 0 Å². The highest BCUT2D eigenvalue weighted by Gasteiger charge is 2.59. The maximum Gasteiger partial charge on any atom is 0.415 e. The summed E-state index contributed by atoms with van der Waals surface area (Å²) in [4.78, 5) is 46.8. The van der Waals surface area contributed by atoms with Crippen LogP contribution in [0.15, 0.2) is 54.8 Å². The number of piperazine rings is 1. The molecule has 272 valence electrons. The zero-order valence-corrected chi connectivity index (χ0v) is 30.3. The van der Waals surface area contributed by atoms with Gasteiger partial charge in [0.25, 0.3) is 5.91 Å². The maximum atomic E-state index is 14.6. The molecular weight excluding hydrogens is 669 g/mol. The molecule has 8 rings (SSSR count). The maximum absolute atomic E-state index is 14.6. The molecule has 0 aromatic heterocycles. The first kappa shape index (κ1) is 34.0. The molecule has 12 heteroatoms. The number of hydrogen-bond donors (Lipinski definition) is 1. The van der Waals surface area contributed by atoms with Crippen LogP contribution in [0, 0.1) is 11.3 Å². The second-order valence-corrected chi connectivity index (χ2v) is 17.7. The molecule has 3 aliphatic carbocycles. The van der Waals surface area contributed by atoms with Crippen LogP contribution in [0.25, 0.3) is 0 Å². The van der Waals surface area contributed by atoms with E-state index in [2.05, 4.69) is 28.3 Å². The molecule has 2 aromatic carbocycles. The molecule has 2 saturated heterocycles. The third-order valence-electron chi connectivity index (χ3n) is 12.2. The number of rotatable bonds is 10. The number of carbonyl (C=O) groups excluding carboxylic acids is 3. The average Bonchev–Trinajstić information content (AvgIpc) is 4.03. The first-order valence-electron chi connectivity index (χ1n) is 18.5. The van der Waals surface area contributed by atoms with E-state index in [1.807, 2.05) is 29.2 Å². The Labute approximate surface area is 300 Å². The lowest BCUT2D eigenvalue weighted by Gasteiger charge is -2.39. The minimum atomic E-state index is -3.72. The zero-order chi connectivity index (χ0) is 35.7. The van der Waals surface area contributed by atoms with Crippen molar-refractivity contribution in [2.24, 2.45) is 11.3 Å². The summed E-state index contributed by atoms with van der Waals surface area (Å²) in [5, 5.41) is -0.507. The van der Waals surface area contributed by atoms with Crippen LogP contribution < -0.4 is 14.4 Å². The van der Waals surface area contributed by atoms with Crippen molar-refractivity contribution in [3.8, 4) is 5.75 Å². The predicted octanol–water partition coefficient (Wildman–Crippen LogP) is 5.88. The van der Waals surface area contributed by atoms with Gasteiger partial charge < -0.3 is 24.2 Å². The van der Waals surface area contributed by atoms with Gasteiger partial charge in [0.15, 0.2) is 0 Å². The first-order valence-corrected chi connectivity index (χ1v) is 20.1. The third kappa shape index (κ3) is 6.27. The monoisotopic (exact) mass is 716 g/mol. The van der Waals surface area contributed by atoms with Crippen LogP contribution in [0.1, 0.15) is 105 Å². The Morgan fingerprint density at radius 1 is 0.941 bits per heavy atom. The van der Waals surface area contributed by atoms with E-state index in [4.69, 9.17) is 9.47 Å². The molecule has 11 nitrogen and oxygen atoms in total. The Balaban J connectivity index is 1.13. The molecule has 2 aromatic rings. The summed E-state index contributed by atoms with van der Waals surface area (Å²) in [5.41, 5.74) is 2.89. The Bertz CT molecular complexity index is 1850. The largest absolute Gasteiger partial charge is 0.497 e. The molecule has 2 bridgehead atoms. The van der Waals surface area contributed by atoms with Crippen LogP contribution >= 0.6 is 0 Å². The summed E-state index contributed by atoms with van der Waals surface area (Å²) < 4.78 is 38.6. The summed E-state index contributed by atoms with van der Waals surface area (Å²) in [6.07, 6.45) is 8.76. The van der Waals surface area contributed by atoms with Crippen LogP contribution in [0.2, 0.25) is 0 Å². The van der Waals surface area contributed by atoms with E-state index in [9.17, 15) is 22.8 Å². The number of nitrogens with one attached hydrogen (secondary N) is 1. The predicted molar refractivity (Wildman–Crippen MR) is 192 cm³/mol. The molecule has 3 saturated carbocycles. The summed E-state index contributed by atoms with van der Waals surface area (Å²) in [6, 6.07) is 13.7. The fraction of sp³-hybridized carbons (Fsp3) is 0.564. The van der Waals surface area contributed by atoms with Gasteiger partial charge in [-0.1, -0.05) is 44.0 Å². The van der Waals surface area contributed by atoms with Crippen molar-refractivity contribution in [3.05, 3.63) is 71.5 Å². The number of nitrogens with zero attached hydrogens (tertiary/aromatic N) is 3. The smallest absolute Gasteiger partial charge is 0.415 e. The molecule has 3 aliphatic heterocycles. The number of sulfonamides is 1. The van der Waals surface area contributed by atoms with Crippen molar-refractivity contribution in [2.75, 3.05) is 31.6 Å². The van der Waals surface area contributed by atoms with Gasteiger partial charge >= 0.3 is 6.09 Å². The number of ether oxygens (including phenoxy) is 2. The highest BCUT2D eigenvalue weighted by molar-refractivity contribution is 7.91. The summed E-state index contributed by atoms with van der Waals surface area (Å²) in [6.45, 7) is 6.77. The van der Waals surface area contributed by atoms with Gasteiger partial charge in [-0.25, -0.2) is 17.9 Å². The number of allylic oxidation sites excluding steroid dienone is 1. The number of carbonyl (C=O) groups is 3. The molecule has 5 fully saturated rings. The van der Waals surface area contributed by atoms with Gasteiger partial charge in [0.05, 0.1) is 41.7 Å². The average molecular weight is 717 g/mol. The third-order valence-corrected chi connectivity index (χ3v) is 14.0. The van der Waals surface area contributed by atoms with Crippen LogP contribution in [-0.4, -0.2) is 80.2 Å². The van der Waals surface area contributed by atoms with E-state index >= 15 is 0 Å². The van der Waals surface area contributed by atoms with Gasteiger partial charge in [0.1, 0.15) is 5.75 Å². The normalized spacial score (nSPS) is 26.5. The van der Waals surface area contributed by atoms with Crippen molar-refractivity contribution in [1.82, 2.24) is 14.5 Å².